The fourth-order valence-corrected chi connectivity index (χ4v) is 8.90. The van der Waals surface area contributed by atoms with E-state index in [9.17, 15) is 38.7 Å². The molecule has 1 aliphatic rings. The number of nitrogens with zero attached hydrogens (tertiary/aromatic N) is 2. The molecule has 4 unspecified atom stereocenters. The highest BCUT2D eigenvalue weighted by molar-refractivity contribution is 7.61. The fraction of sp³-hybridized carbons (Fsp3) is 0.875. The Balaban J connectivity index is 1.79. The fourth-order valence-electron chi connectivity index (χ4n) is 6.79. The van der Waals surface area contributed by atoms with Gasteiger partial charge in [-0.3, -0.25) is 18.4 Å². The molecule has 2 rings (SSSR count). The first-order chi connectivity index (χ1) is 28.3. The molecule has 19 heteroatoms. The van der Waals surface area contributed by atoms with E-state index in [-0.39, 0.29) is 18.8 Å². The molecule has 59 heavy (non-hydrogen) atoms. The number of aliphatic hydroxyl groups excluding tert-OH is 2. The number of nitrogen functional groups attached to an aromatic ring is 1. The van der Waals surface area contributed by atoms with Crippen molar-refractivity contribution in [3.05, 3.63) is 22.7 Å². The van der Waals surface area contributed by atoms with Crippen molar-refractivity contribution in [3.8, 4) is 0 Å². The van der Waals surface area contributed by atoms with Crippen LogP contribution in [0.5, 0.6) is 0 Å². The summed E-state index contributed by atoms with van der Waals surface area (Å²) in [7, 11) is -10.6. The normalized spacial score (nSPS) is 20.6. The van der Waals surface area contributed by atoms with Crippen LogP contribution in [0.15, 0.2) is 17.1 Å². The van der Waals surface area contributed by atoms with Crippen molar-refractivity contribution < 1.29 is 61.5 Å². The predicted molar refractivity (Wildman–Crippen MR) is 224 cm³/mol. The lowest BCUT2D eigenvalue weighted by atomic mass is 10.0. The van der Waals surface area contributed by atoms with E-state index in [1.54, 1.807) is 0 Å². The van der Waals surface area contributed by atoms with E-state index >= 15 is 0 Å². The molecule has 0 spiro atoms. The quantitative estimate of drug-likeness (QED) is 0.0241. The summed E-state index contributed by atoms with van der Waals surface area (Å²) >= 11 is 0. The Labute approximate surface area is 351 Å². The first-order valence-electron chi connectivity index (χ1n) is 22.1. The SMILES string of the molecule is CCCCCCCCCCCCCCCCOCC(COP(=O)(O)OP(=O)(O)OC[C@H]1OC(n2ccc(N)nc2=O)[C@@H](O)[C@@H]1O)OC(=O)CCCCCCCCCCC. The van der Waals surface area contributed by atoms with Gasteiger partial charge >= 0.3 is 27.3 Å². The molecule has 0 aliphatic carbocycles. The van der Waals surface area contributed by atoms with E-state index in [4.69, 9.17) is 29.0 Å². The maximum absolute atomic E-state index is 12.8. The maximum atomic E-state index is 12.8. The summed E-state index contributed by atoms with van der Waals surface area (Å²) in [4.78, 5) is 48.9. The van der Waals surface area contributed by atoms with Gasteiger partial charge in [-0.2, -0.15) is 9.29 Å². The number of hydrogen-bond donors (Lipinski definition) is 5. The summed E-state index contributed by atoms with van der Waals surface area (Å²) < 4.78 is 57.2. The van der Waals surface area contributed by atoms with Crippen LogP contribution in [-0.2, 0) is 41.5 Å². The average molecular weight is 884 g/mol. The first-order valence-corrected chi connectivity index (χ1v) is 25.1. The first kappa shape index (κ1) is 53.4. The molecule has 6 N–H and O–H groups in total. The average Bonchev–Trinajstić information content (AvgIpc) is 3.46. The van der Waals surface area contributed by atoms with Crippen LogP contribution in [0.25, 0.3) is 0 Å². The smallest absolute Gasteiger partial charge is 0.457 e. The van der Waals surface area contributed by atoms with Gasteiger partial charge in [-0.05, 0) is 18.9 Å². The van der Waals surface area contributed by atoms with Crippen LogP contribution in [0.4, 0.5) is 5.82 Å². The zero-order chi connectivity index (χ0) is 43.4. The van der Waals surface area contributed by atoms with Gasteiger partial charge < -0.3 is 39.9 Å². The van der Waals surface area contributed by atoms with Crippen LogP contribution in [0.3, 0.4) is 0 Å². The molecular weight excluding hydrogens is 808 g/mol. The second kappa shape index (κ2) is 31.1. The molecule has 0 radical (unpaired) electrons. The van der Waals surface area contributed by atoms with Crippen LogP contribution >= 0.6 is 15.6 Å². The highest BCUT2D eigenvalue weighted by Crippen LogP contribution is 2.60. The molecule has 0 bridgehead atoms. The second-order valence-electron chi connectivity index (χ2n) is 15.6. The third kappa shape index (κ3) is 24.5. The molecule has 0 saturated carbocycles. The van der Waals surface area contributed by atoms with Gasteiger partial charge in [-0.15, -0.1) is 0 Å². The molecule has 1 saturated heterocycles. The van der Waals surface area contributed by atoms with Gasteiger partial charge in [0, 0.05) is 19.2 Å². The Morgan fingerprint density at radius 3 is 1.78 bits per heavy atom. The Morgan fingerprint density at radius 2 is 1.25 bits per heavy atom. The molecule has 0 amide bonds. The standard InChI is InChI=1S/C40H75N3O14P2/c1-3-5-7-9-11-13-14-15-16-17-19-21-23-25-29-52-30-33(55-36(44)26-24-22-20-18-12-10-8-6-4-2)31-53-58(48,49)57-59(50,51)54-32-34-37(45)38(46)39(56-34)43-28-27-35(41)42-40(43)47/h27-28,33-34,37-39,45-46H,3-26,29-32H2,1-2H3,(H,48,49)(H,50,51)(H2,41,42,47)/t33?,34-,37-,38+,39?/m1/s1. The number of anilines is 1. The Hall–Kier alpha value is -1.75. The third-order valence-corrected chi connectivity index (χ3v) is 12.8. The van der Waals surface area contributed by atoms with Crippen molar-refractivity contribution in [2.45, 2.75) is 199 Å². The van der Waals surface area contributed by atoms with Crippen molar-refractivity contribution in [3.63, 3.8) is 0 Å². The van der Waals surface area contributed by atoms with Crippen LogP contribution in [0.1, 0.15) is 174 Å². The van der Waals surface area contributed by atoms with E-state index in [0.29, 0.717) is 13.0 Å². The van der Waals surface area contributed by atoms with E-state index in [0.717, 1.165) is 49.5 Å². The molecule has 7 atom stereocenters. The zero-order valence-corrected chi connectivity index (χ0v) is 37.4. The number of aliphatic hydroxyl groups is 2. The molecular formula is C40H75N3O14P2. The highest BCUT2D eigenvalue weighted by Gasteiger charge is 2.46. The minimum atomic E-state index is -5.34. The monoisotopic (exact) mass is 883 g/mol. The van der Waals surface area contributed by atoms with E-state index in [2.05, 4.69) is 23.1 Å². The van der Waals surface area contributed by atoms with Gasteiger partial charge in [-0.1, -0.05) is 149 Å². The predicted octanol–water partition coefficient (Wildman–Crippen LogP) is 8.03. The van der Waals surface area contributed by atoms with Gasteiger partial charge in [0.15, 0.2) is 6.23 Å². The molecule has 17 nitrogen and oxygen atoms in total. The lowest BCUT2D eigenvalue weighted by Crippen LogP contribution is -2.36. The molecule has 344 valence electrons. The van der Waals surface area contributed by atoms with E-state index in [1.807, 2.05) is 0 Å². The van der Waals surface area contributed by atoms with Gasteiger partial charge in [0.25, 0.3) is 0 Å². The van der Waals surface area contributed by atoms with E-state index in [1.165, 1.54) is 109 Å². The van der Waals surface area contributed by atoms with Crippen LogP contribution in [0.2, 0.25) is 0 Å². The Bertz CT molecular complexity index is 1420. The van der Waals surface area contributed by atoms with Crippen molar-refractivity contribution in [1.82, 2.24) is 9.55 Å². The Kier molecular flexibility index (Phi) is 28.2. The van der Waals surface area contributed by atoms with Gasteiger partial charge in [0.2, 0.25) is 0 Å². The lowest BCUT2D eigenvalue weighted by Gasteiger charge is -2.21. The van der Waals surface area contributed by atoms with Gasteiger partial charge in [0.1, 0.15) is 30.2 Å². The molecule has 2 heterocycles. The Morgan fingerprint density at radius 1 is 0.763 bits per heavy atom. The van der Waals surface area contributed by atoms with Crippen molar-refractivity contribution in [2.24, 2.45) is 0 Å². The number of phosphoric acid groups is 2. The molecule has 1 aromatic heterocycles. The number of hydrogen-bond acceptors (Lipinski definition) is 14. The summed E-state index contributed by atoms with van der Waals surface area (Å²) in [6.45, 7) is 3.08. The number of carbonyl (C=O) groups excluding carboxylic acids is 1. The summed E-state index contributed by atoms with van der Waals surface area (Å²) in [5, 5.41) is 20.8. The van der Waals surface area contributed by atoms with Crippen molar-refractivity contribution in [2.75, 3.05) is 32.2 Å². The van der Waals surface area contributed by atoms with Crippen LogP contribution < -0.4 is 11.4 Å². The summed E-state index contributed by atoms with van der Waals surface area (Å²) in [6, 6.07) is 1.26. The summed E-state index contributed by atoms with van der Waals surface area (Å²) in [5.41, 5.74) is 4.60. The second-order valence-corrected chi connectivity index (χ2v) is 18.6. The third-order valence-electron chi connectivity index (χ3n) is 10.2. The number of esters is 1. The number of unbranched alkanes of at least 4 members (excludes halogenated alkanes) is 21. The summed E-state index contributed by atoms with van der Waals surface area (Å²) in [6.07, 6.45) is 20.6. The molecule has 1 aromatic rings. The minimum Gasteiger partial charge on any atom is -0.457 e. The maximum Gasteiger partial charge on any atom is 0.481 e. The topological polar surface area (TPSA) is 248 Å². The van der Waals surface area contributed by atoms with Crippen LogP contribution in [0, 0.1) is 0 Å². The van der Waals surface area contributed by atoms with Crippen molar-refractivity contribution in [1.29, 1.82) is 0 Å². The number of carbonyl (C=O) groups is 1. The van der Waals surface area contributed by atoms with Crippen LogP contribution in [-0.4, -0.2) is 86.4 Å². The number of rotatable bonds is 37. The number of aromatic nitrogens is 2. The lowest BCUT2D eigenvalue weighted by molar-refractivity contribution is -0.154. The number of ether oxygens (including phenoxy) is 3. The summed E-state index contributed by atoms with van der Waals surface area (Å²) in [5.74, 6) is -0.612. The number of nitrogens with two attached hydrogens (primary N) is 1. The van der Waals surface area contributed by atoms with Gasteiger partial charge in [-0.25, -0.2) is 13.9 Å². The minimum absolute atomic E-state index is 0.0838. The van der Waals surface area contributed by atoms with Crippen molar-refractivity contribution >= 4 is 27.4 Å². The van der Waals surface area contributed by atoms with Gasteiger partial charge in [0.05, 0.1) is 19.8 Å². The largest absolute Gasteiger partial charge is 0.481 e. The zero-order valence-electron chi connectivity index (χ0n) is 35.6. The highest BCUT2D eigenvalue weighted by atomic mass is 31.3. The molecule has 1 aliphatic heterocycles. The van der Waals surface area contributed by atoms with E-state index < -0.39 is 71.2 Å². The molecule has 1 fully saturated rings. The molecule has 0 aromatic carbocycles. The number of phosphoric ester groups is 2.